The third kappa shape index (κ3) is 3.55. The summed E-state index contributed by atoms with van der Waals surface area (Å²) in [5, 5.41) is 0.830. The van der Waals surface area contributed by atoms with Crippen LogP contribution in [0.1, 0.15) is 4.88 Å². The Hall–Kier alpha value is -1.89. The molecule has 0 saturated carbocycles. The van der Waals surface area contributed by atoms with E-state index in [1.54, 1.807) is 12.1 Å². The highest BCUT2D eigenvalue weighted by molar-refractivity contribution is 7.93. The predicted molar refractivity (Wildman–Crippen MR) is 94.5 cm³/mol. The van der Waals surface area contributed by atoms with Gasteiger partial charge in [-0.25, -0.2) is 13.4 Å². The Morgan fingerprint density at radius 2 is 1.70 bits per heavy atom. The first-order valence-corrected chi connectivity index (χ1v) is 9.45. The predicted octanol–water partition coefficient (Wildman–Crippen LogP) is 4.57. The molecule has 7 heteroatoms. The summed E-state index contributed by atoms with van der Waals surface area (Å²) < 4.78 is 27.3. The first kappa shape index (κ1) is 16.0. The van der Waals surface area contributed by atoms with Gasteiger partial charge in [-0.05, 0) is 31.2 Å². The van der Waals surface area contributed by atoms with Crippen LogP contribution >= 0.6 is 22.9 Å². The molecule has 0 saturated heterocycles. The summed E-state index contributed by atoms with van der Waals surface area (Å²) in [6, 6.07) is 15.7. The number of anilines is 1. The molecule has 2 aromatic carbocycles. The molecule has 1 N–H and O–H groups in total. The molecule has 0 atom stereocenters. The van der Waals surface area contributed by atoms with E-state index in [0.29, 0.717) is 10.2 Å². The normalized spacial score (nSPS) is 11.4. The Kier molecular flexibility index (Phi) is 4.39. The van der Waals surface area contributed by atoms with E-state index in [1.165, 1.54) is 23.5 Å². The van der Waals surface area contributed by atoms with Gasteiger partial charge in [0.15, 0.2) is 5.13 Å². The Morgan fingerprint density at radius 1 is 1.04 bits per heavy atom. The van der Waals surface area contributed by atoms with Gasteiger partial charge >= 0.3 is 0 Å². The van der Waals surface area contributed by atoms with E-state index in [2.05, 4.69) is 9.71 Å². The summed E-state index contributed by atoms with van der Waals surface area (Å²) in [6.45, 7) is 1.92. The number of nitrogens with zero attached hydrogens (tertiary/aromatic N) is 1. The lowest BCUT2D eigenvalue weighted by atomic mass is 10.1. The van der Waals surface area contributed by atoms with E-state index in [9.17, 15) is 8.42 Å². The molecule has 0 amide bonds. The smallest absolute Gasteiger partial charge is 0.255 e. The molecule has 3 rings (SSSR count). The van der Waals surface area contributed by atoms with Crippen LogP contribution in [0.5, 0.6) is 0 Å². The van der Waals surface area contributed by atoms with Crippen LogP contribution in [-0.4, -0.2) is 13.4 Å². The average molecular weight is 365 g/mol. The molecule has 23 heavy (non-hydrogen) atoms. The second kappa shape index (κ2) is 6.31. The summed E-state index contributed by atoms with van der Waals surface area (Å²) in [6.07, 6.45) is 0. The fourth-order valence-corrected chi connectivity index (χ4v) is 4.29. The van der Waals surface area contributed by atoms with Crippen LogP contribution in [0.25, 0.3) is 11.3 Å². The molecule has 118 valence electrons. The first-order valence-electron chi connectivity index (χ1n) is 6.77. The Balaban J connectivity index is 1.90. The van der Waals surface area contributed by atoms with Crippen molar-refractivity contribution in [3.05, 3.63) is 64.5 Å². The van der Waals surface area contributed by atoms with Gasteiger partial charge in [0.05, 0.1) is 10.6 Å². The lowest BCUT2D eigenvalue weighted by Gasteiger charge is -2.04. The van der Waals surface area contributed by atoms with Gasteiger partial charge in [-0.2, -0.15) is 0 Å². The molecule has 0 radical (unpaired) electrons. The summed E-state index contributed by atoms with van der Waals surface area (Å²) in [7, 11) is -3.68. The third-order valence-corrected chi connectivity index (χ3v) is 5.81. The van der Waals surface area contributed by atoms with Crippen molar-refractivity contribution in [2.75, 3.05) is 4.72 Å². The second-order valence-corrected chi connectivity index (χ2v) is 8.17. The zero-order chi connectivity index (χ0) is 16.4. The summed E-state index contributed by atoms with van der Waals surface area (Å²) in [5.74, 6) is 0. The Bertz CT molecular complexity index is 920. The number of rotatable bonds is 4. The molecule has 0 fully saturated rings. The molecule has 1 aromatic heterocycles. The lowest BCUT2D eigenvalue weighted by molar-refractivity contribution is 0.601. The molecule has 1 heterocycles. The molecule has 0 aliphatic rings. The number of sulfonamides is 1. The van der Waals surface area contributed by atoms with Crippen LogP contribution in [0.4, 0.5) is 5.13 Å². The number of aryl methyl sites for hydroxylation is 1. The average Bonchev–Trinajstić information content (AvgIpc) is 2.88. The molecule has 0 aliphatic carbocycles. The first-order chi connectivity index (χ1) is 11.0. The van der Waals surface area contributed by atoms with Crippen molar-refractivity contribution < 1.29 is 8.42 Å². The van der Waals surface area contributed by atoms with Crippen LogP contribution in [0.2, 0.25) is 5.02 Å². The molecule has 0 unspecified atom stereocenters. The second-order valence-electron chi connectivity index (χ2n) is 4.85. The SMILES string of the molecule is Cc1sc(NS(=O)(=O)c2ccc(Cl)cc2)nc1-c1ccccc1. The van der Waals surface area contributed by atoms with Crippen LogP contribution < -0.4 is 4.72 Å². The van der Waals surface area contributed by atoms with Crippen molar-refractivity contribution in [1.29, 1.82) is 0 Å². The minimum absolute atomic E-state index is 0.149. The highest BCUT2D eigenvalue weighted by Gasteiger charge is 2.18. The maximum atomic E-state index is 12.4. The van der Waals surface area contributed by atoms with Crippen LogP contribution in [0.15, 0.2) is 59.5 Å². The van der Waals surface area contributed by atoms with Gasteiger partial charge in [-0.3, -0.25) is 4.72 Å². The van der Waals surface area contributed by atoms with E-state index in [-0.39, 0.29) is 4.90 Å². The van der Waals surface area contributed by atoms with E-state index >= 15 is 0 Å². The minimum atomic E-state index is -3.68. The molecule has 0 aliphatic heterocycles. The van der Waals surface area contributed by atoms with E-state index in [4.69, 9.17) is 11.6 Å². The maximum absolute atomic E-state index is 12.4. The molecule has 0 bridgehead atoms. The highest BCUT2D eigenvalue weighted by Crippen LogP contribution is 2.31. The van der Waals surface area contributed by atoms with Crippen LogP contribution in [-0.2, 0) is 10.0 Å². The van der Waals surface area contributed by atoms with Crippen LogP contribution in [0.3, 0.4) is 0 Å². The quantitative estimate of drug-likeness (QED) is 0.737. The minimum Gasteiger partial charge on any atom is -0.255 e. The van der Waals surface area contributed by atoms with Crippen molar-refractivity contribution in [2.24, 2.45) is 0 Å². The number of benzene rings is 2. The largest absolute Gasteiger partial charge is 0.263 e. The number of thiazole rings is 1. The molecule has 0 spiro atoms. The van der Waals surface area contributed by atoms with Gasteiger partial charge in [0.2, 0.25) is 0 Å². The zero-order valence-electron chi connectivity index (χ0n) is 12.2. The standard InChI is InChI=1S/C16H13ClN2O2S2/c1-11-15(12-5-3-2-4-6-12)18-16(22-11)19-23(20,21)14-9-7-13(17)8-10-14/h2-10H,1H3,(H,18,19). The highest BCUT2D eigenvalue weighted by atomic mass is 35.5. The Labute approximate surface area is 143 Å². The van der Waals surface area contributed by atoms with Gasteiger partial charge in [0.1, 0.15) is 0 Å². The molecule has 3 aromatic rings. The van der Waals surface area contributed by atoms with E-state index in [0.717, 1.165) is 16.1 Å². The fraction of sp³-hybridized carbons (Fsp3) is 0.0625. The lowest BCUT2D eigenvalue weighted by Crippen LogP contribution is -2.12. The van der Waals surface area contributed by atoms with Gasteiger partial charge in [-0.15, -0.1) is 11.3 Å². The molecule has 4 nitrogen and oxygen atoms in total. The van der Waals surface area contributed by atoms with Crippen molar-refractivity contribution >= 4 is 38.1 Å². The van der Waals surface area contributed by atoms with Crippen molar-refractivity contribution in [3.63, 3.8) is 0 Å². The number of halogens is 1. The van der Waals surface area contributed by atoms with Crippen molar-refractivity contribution in [2.45, 2.75) is 11.8 Å². The third-order valence-electron chi connectivity index (χ3n) is 3.19. The van der Waals surface area contributed by atoms with Crippen molar-refractivity contribution in [3.8, 4) is 11.3 Å². The summed E-state index contributed by atoms with van der Waals surface area (Å²) in [4.78, 5) is 5.51. The topological polar surface area (TPSA) is 59.1 Å². The van der Waals surface area contributed by atoms with E-state index in [1.807, 2.05) is 37.3 Å². The molecular weight excluding hydrogens is 352 g/mol. The number of hydrogen-bond donors (Lipinski definition) is 1. The van der Waals surface area contributed by atoms with Crippen molar-refractivity contribution in [1.82, 2.24) is 4.98 Å². The monoisotopic (exact) mass is 364 g/mol. The molecular formula is C16H13ClN2O2S2. The van der Waals surface area contributed by atoms with Gasteiger partial charge in [-0.1, -0.05) is 41.9 Å². The zero-order valence-corrected chi connectivity index (χ0v) is 14.5. The van der Waals surface area contributed by atoms with Gasteiger partial charge in [0, 0.05) is 15.5 Å². The summed E-state index contributed by atoms with van der Waals surface area (Å²) >= 11 is 7.09. The fourth-order valence-electron chi connectivity index (χ4n) is 2.09. The van der Waals surface area contributed by atoms with Gasteiger partial charge < -0.3 is 0 Å². The Morgan fingerprint density at radius 3 is 2.35 bits per heavy atom. The number of nitrogens with one attached hydrogen (secondary N) is 1. The van der Waals surface area contributed by atoms with Crippen LogP contribution in [0, 0.1) is 6.92 Å². The maximum Gasteiger partial charge on any atom is 0.263 e. The number of hydrogen-bond acceptors (Lipinski definition) is 4. The van der Waals surface area contributed by atoms with Gasteiger partial charge in [0.25, 0.3) is 10.0 Å². The number of aromatic nitrogens is 1. The summed E-state index contributed by atoms with van der Waals surface area (Å²) in [5.41, 5.74) is 1.74. The van der Waals surface area contributed by atoms with E-state index < -0.39 is 10.0 Å².